The van der Waals surface area contributed by atoms with Crippen LogP contribution in [0.15, 0.2) is 116 Å². The number of benzene rings is 4. The minimum atomic E-state index is -0.355. The highest BCUT2D eigenvalue weighted by atomic mass is 79.9. The predicted octanol–water partition coefficient (Wildman–Crippen LogP) is 9.77. The lowest BCUT2D eigenvalue weighted by Gasteiger charge is -2.19. The summed E-state index contributed by atoms with van der Waals surface area (Å²) < 4.78 is 34.4. The number of aromatic hydroxyl groups is 1. The van der Waals surface area contributed by atoms with E-state index in [1.807, 2.05) is 24.3 Å². The zero-order chi connectivity index (χ0) is 37.9. The lowest BCUT2D eigenvalue weighted by atomic mass is 10.1. The molecule has 10 nitrogen and oxygen atoms in total. The molecule has 0 atom stereocenters. The van der Waals surface area contributed by atoms with Crippen molar-refractivity contribution in [3.8, 4) is 34.0 Å². The second-order valence-corrected chi connectivity index (χ2v) is 17.4. The number of aryl methyl sites for hydroxylation is 1. The number of hydrogen-bond donors (Lipinski definition) is 1. The molecule has 52 heavy (non-hydrogen) atoms. The van der Waals surface area contributed by atoms with E-state index in [0.29, 0.717) is 28.3 Å². The van der Waals surface area contributed by atoms with Gasteiger partial charge in [-0.25, -0.2) is 28.3 Å². The Morgan fingerprint density at radius 3 is 1.67 bits per heavy atom. The zero-order valence-electron chi connectivity index (χ0n) is 28.3. The summed E-state index contributed by atoms with van der Waals surface area (Å²) in [7, 11) is 4.86. The second kappa shape index (κ2) is 18.6. The molecule has 4 aromatic carbocycles. The molecule has 0 spiro atoms. The van der Waals surface area contributed by atoms with E-state index in [1.165, 1.54) is 68.0 Å². The fraction of sp³-hybridized carbons (Fsp3) is 0.111. The number of nitrogens with zero attached hydrogens (tertiary/aromatic N) is 6. The maximum absolute atomic E-state index is 13.3. The number of anilines is 2. The molecular formula is C36H32BBr3F2N6O4. The third-order valence-corrected chi connectivity index (χ3v) is 7.46. The summed E-state index contributed by atoms with van der Waals surface area (Å²) in [5.41, 5.74) is 4.88. The molecular weight excluding hydrogens is 869 g/mol. The van der Waals surface area contributed by atoms with Crippen molar-refractivity contribution in [3.05, 3.63) is 133 Å². The smallest absolute Gasteiger partial charge is 0.369 e. The first-order valence-corrected chi connectivity index (χ1v) is 18.0. The van der Waals surface area contributed by atoms with Crippen LogP contribution in [-0.2, 0) is 0 Å². The van der Waals surface area contributed by atoms with Crippen molar-refractivity contribution in [2.24, 2.45) is 0 Å². The maximum atomic E-state index is 13.3. The number of phenolic OH excluding ortho intramolecular Hbond substituents is 1. The van der Waals surface area contributed by atoms with Gasteiger partial charge in [-0.1, -0.05) is 0 Å². The molecule has 268 valence electrons. The Bertz CT molecular complexity index is 2090. The van der Waals surface area contributed by atoms with E-state index in [2.05, 4.69) is 57.2 Å². The summed E-state index contributed by atoms with van der Waals surface area (Å²) in [4.78, 5) is 36.5. The van der Waals surface area contributed by atoms with Crippen molar-refractivity contribution in [1.29, 1.82) is 0 Å². The topological polar surface area (TPSA) is 106 Å². The number of rotatable bonds is 5. The number of amides is 2. The van der Waals surface area contributed by atoms with Crippen molar-refractivity contribution in [1.82, 2.24) is 19.1 Å². The molecule has 2 heterocycles. The third kappa shape index (κ3) is 10.9. The van der Waals surface area contributed by atoms with E-state index in [4.69, 9.17) is 4.74 Å². The Balaban J connectivity index is 0.000000212. The summed E-state index contributed by atoms with van der Waals surface area (Å²) in [6, 6.07) is 23.4. The van der Waals surface area contributed by atoms with Gasteiger partial charge in [-0.3, -0.25) is 18.9 Å². The van der Waals surface area contributed by atoms with E-state index in [1.54, 1.807) is 70.9 Å². The molecule has 0 aliphatic heterocycles. The van der Waals surface area contributed by atoms with Crippen LogP contribution in [0.3, 0.4) is 0 Å². The molecule has 0 saturated carbocycles. The van der Waals surface area contributed by atoms with E-state index in [9.17, 15) is 23.5 Å². The Labute approximate surface area is 324 Å². The van der Waals surface area contributed by atoms with Crippen LogP contribution in [-0.4, -0.2) is 60.7 Å². The maximum Gasteiger partial charge on any atom is 0.369 e. The van der Waals surface area contributed by atoms with E-state index < -0.39 is 0 Å². The first-order valence-electron chi connectivity index (χ1n) is 15.3. The van der Waals surface area contributed by atoms with Crippen molar-refractivity contribution in [2.75, 3.05) is 31.0 Å². The van der Waals surface area contributed by atoms with Crippen LogP contribution in [0.25, 0.3) is 22.5 Å². The number of ether oxygens (including phenoxy) is 1. The average molecular weight is 901 g/mol. The highest BCUT2D eigenvalue weighted by Gasteiger charge is 2.17. The Morgan fingerprint density at radius 2 is 1.19 bits per heavy atom. The third-order valence-electron chi connectivity index (χ3n) is 7.46. The summed E-state index contributed by atoms with van der Waals surface area (Å²) in [6.07, 6.45) is 6.16. The number of imidazole rings is 2. The van der Waals surface area contributed by atoms with Crippen LogP contribution in [0.2, 0.25) is 0 Å². The molecule has 1 N–H and O–H groups in total. The molecule has 16 heteroatoms. The van der Waals surface area contributed by atoms with Gasteiger partial charge in [0.15, 0.2) is 0 Å². The largest absolute Gasteiger partial charge is 0.508 e. The van der Waals surface area contributed by atoms with E-state index >= 15 is 0 Å². The van der Waals surface area contributed by atoms with Crippen molar-refractivity contribution >= 4 is 73.9 Å². The minimum Gasteiger partial charge on any atom is -0.508 e. The second-order valence-electron chi connectivity index (χ2n) is 10.9. The molecule has 0 aliphatic rings. The van der Waals surface area contributed by atoms with Crippen molar-refractivity contribution in [3.63, 3.8) is 0 Å². The van der Waals surface area contributed by atoms with Gasteiger partial charge in [-0.05, 0) is 103 Å². The summed E-state index contributed by atoms with van der Waals surface area (Å²) in [6.45, 7) is 1.76. The van der Waals surface area contributed by atoms with Gasteiger partial charge in [0, 0.05) is 49.0 Å². The Kier molecular flexibility index (Phi) is 14.3. The van der Waals surface area contributed by atoms with Gasteiger partial charge in [-0.15, -0.1) is 47.3 Å². The molecule has 2 amide bonds. The molecule has 6 rings (SSSR count). The first kappa shape index (κ1) is 40.0. The van der Waals surface area contributed by atoms with Gasteiger partial charge >= 0.3 is 15.2 Å². The monoisotopic (exact) mass is 898 g/mol. The number of halogens is 5. The first-order chi connectivity index (χ1) is 24.8. The minimum absolute atomic E-state index is 0.167. The number of aromatic nitrogens is 4. The Morgan fingerprint density at radius 1 is 0.731 bits per heavy atom. The molecule has 0 aliphatic carbocycles. The lowest BCUT2D eigenvalue weighted by Crippen LogP contribution is -2.30. The molecule has 0 fully saturated rings. The number of hydrogen-bond acceptors (Lipinski definition) is 6. The summed E-state index contributed by atoms with van der Waals surface area (Å²) in [5.74, 6) is 0.240. The number of phenols is 1. The molecule has 0 unspecified atom stereocenters. The van der Waals surface area contributed by atoms with Gasteiger partial charge in [0.25, 0.3) is 0 Å². The summed E-state index contributed by atoms with van der Waals surface area (Å²) in [5, 5.41) is 9.30. The average Bonchev–Trinajstić information content (AvgIpc) is 3.83. The molecule has 0 saturated heterocycles. The highest BCUT2D eigenvalue weighted by molar-refractivity contribution is 9.69. The van der Waals surface area contributed by atoms with Gasteiger partial charge in [0.05, 0.1) is 18.5 Å². The number of methoxy groups -OCH3 is 1. The van der Waals surface area contributed by atoms with Gasteiger partial charge in [0.1, 0.15) is 35.8 Å². The highest BCUT2D eigenvalue weighted by Crippen LogP contribution is 2.24. The predicted molar refractivity (Wildman–Crippen MR) is 212 cm³/mol. The van der Waals surface area contributed by atoms with E-state index in [-0.39, 0.29) is 32.6 Å². The zero-order valence-corrected chi connectivity index (χ0v) is 33.1. The SMILES string of the molecule is BrB(Br)Br.CN(C(=O)n1cnc(-c2ccc(O)cc2)c1)c1ccc(F)cc1.COc1ccc(-c2cn(C(=O)N(C)c3ccc(F)cc3C)cn2)cc1. The van der Waals surface area contributed by atoms with Crippen molar-refractivity contribution < 1.29 is 28.2 Å². The standard InChI is InChI=1S/C19H18FN3O2.C17H14FN3O2.BBr3/c1-13-10-15(20)6-9-18(13)22(2)19(24)23-11-17(21-12-23)14-4-7-16(25-3)8-5-14;1-20(14-6-4-13(18)5-7-14)17(23)21-10-16(19-11-21)12-2-8-15(22)9-3-12;2-1(3)4/h4-12H,1-3H3;2-11,22H,1H3;. The van der Waals surface area contributed by atoms with Crippen LogP contribution >= 0.6 is 47.3 Å². The fourth-order valence-corrected chi connectivity index (χ4v) is 4.77. The summed E-state index contributed by atoms with van der Waals surface area (Å²) >= 11 is 9.31. The van der Waals surface area contributed by atoms with Gasteiger partial charge in [0.2, 0.25) is 0 Å². The Hall–Kier alpha value is -4.80. The van der Waals surface area contributed by atoms with Crippen LogP contribution in [0, 0.1) is 18.6 Å². The van der Waals surface area contributed by atoms with Crippen molar-refractivity contribution in [2.45, 2.75) is 6.92 Å². The van der Waals surface area contributed by atoms with Crippen LogP contribution in [0.4, 0.5) is 29.7 Å². The normalized spacial score (nSPS) is 10.2. The number of carbonyl (C=O) groups excluding carboxylic acids is 2. The molecule has 6 aromatic rings. The van der Waals surface area contributed by atoms with Gasteiger partial charge < -0.3 is 9.84 Å². The number of carbonyl (C=O) groups is 2. The molecule has 0 bridgehead atoms. The van der Waals surface area contributed by atoms with E-state index in [0.717, 1.165) is 16.9 Å². The van der Waals surface area contributed by atoms with Crippen LogP contribution in [0.1, 0.15) is 5.56 Å². The van der Waals surface area contributed by atoms with Gasteiger partial charge in [-0.2, -0.15) is 0 Å². The molecule has 2 aromatic heterocycles. The molecule has 0 radical (unpaired) electrons. The fourth-order valence-electron chi connectivity index (χ4n) is 4.77. The lowest BCUT2D eigenvalue weighted by molar-refractivity contribution is 0.248. The quantitative estimate of drug-likeness (QED) is 0.173. The van der Waals surface area contributed by atoms with Crippen LogP contribution < -0.4 is 14.5 Å². The van der Waals surface area contributed by atoms with Crippen LogP contribution in [0.5, 0.6) is 11.5 Å².